The molecule has 19 heavy (non-hydrogen) atoms. The Labute approximate surface area is 113 Å². The van der Waals surface area contributed by atoms with Crippen LogP contribution in [0.5, 0.6) is 0 Å². The van der Waals surface area contributed by atoms with E-state index in [2.05, 4.69) is 17.1 Å². The zero-order valence-corrected chi connectivity index (χ0v) is 11.6. The number of anilines is 2. The lowest BCUT2D eigenvalue weighted by atomic mass is 10.0. The Kier molecular flexibility index (Phi) is 4.24. The average molecular weight is 263 g/mol. The van der Waals surface area contributed by atoms with Crippen LogP contribution in [0.15, 0.2) is 18.2 Å². The van der Waals surface area contributed by atoms with Gasteiger partial charge >= 0.3 is 5.69 Å². The molecule has 0 radical (unpaired) electrons. The minimum Gasteiger partial charge on any atom is -0.382 e. The molecule has 5 heteroatoms. The number of nitrogens with zero attached hydrogens (tertiary/aromatic N) is 2. The summed E-state index contributed by atoms with van der Waals surface area (Å²) >= 11 is 0. The number of hydrogen-bond acceptors (Lipinski definition) is 4. The molecule has 1 N–H and O–H groups in total. The molecule has 0 bridgehead atoms. The summed E-state index contributed by atoms with van der Waals surface area (Å²) in [5, 5.41) is 14.2. The maximum absolute atomic E-state index is 11.3. The van der Waals surface area contributed by atoms with Gasteiger partial charge in [-0.3, -0.25) is 10.1 Å². The molecule has 1 saturated heterocycles. The van der Waals surface area contributed by atoms with Gasteiger partial charge in [-0.1, -0.05) is 13.0 Å². The monoisotopic (exact) mass is 263 g/mol. The zero-order chi connectivity index (χ0) is 13.8. The normalized spacial score (nSPS) is 19.9. The van der Waals surface area contributed by atoms with Gasteiger partial charge in [-0.05, 0) is 37.3 Å². The van der Waals surface area contributed by atoms with Gasteiger partial charge in [0.15, 0.2) is 0 Å². The van der Waals surface area contributed by atoms with Crippen LogP contribution in [-0.4, -0.2) is 25.1 Å². The fourth-order valence-corrected chi connectivity index (χ4v) is 2.68. The molecule has 0 aromatic heterocycles. The van der Waals surface area contributed by atoms with Crippen LogP contribution in [0.2, 0.25) is 0 Å². The van der Waals surface area contributed by atoms with E-state index in [0.717, 1.165) is 31.6 Å². The standard InChI is InChI=1S/C14H21N3O2/c1-11-5-4-9-16(10-8-11)13-7-3-6-12(15-2)14(13)17(18)19/h3,6-7,11,15H,4-5,8-10H2,1-2H3. The third-order valence-electron chi connectivity index (χ3n) is 3.82. The summed E-state index contributed by atoms with van der Waals surface area (Å²) < 4.78 is 0. The molecule has 2 rings (SSSR count). The zero-order valence-electron chi connectivity index (χ0n) is 11.6. The minimum atomic E-state index is -0.282. The number of nitro benzene ring substituents is 1. The van der Waals surface area contributed by atoms with Crippen molar-refractivity contribution in [3.8, 4) is 0 Å². The Hall–Kier alpha value is -1.78. The van der Waals surface area contributed by atoms with Gasteiger partial charge < -0.3 is 10.2 Å². The van der Waals surface area contributed by atoms with Crippen molar-refractivity contribution in [2.75, 3.05) is 30.4 Å². The fourth-order valence-electron chi connectivity index (χ4n) is 2.68. The lowest BCUT2D eigenvalue weighted by molar-refractivity contribution is -0.383. The van der Waals surface area contributed by atoms with Crippen molar-refractivity contribution < 1.29 is 4.92 Å². The second-order valence-electron chi connectivity index (χ2n) is 5.20. The van der Waals surface area contributed by atoms with Gasteiger partial charge in [0.05, 0.1) is 4.92 Å². The van der Waals surface area contributed by atoms with Gasteiger partial charge in [-0.25, -0.2) is 0 Å². The minimum absolute atomic E-state index is 0.194. The molecule has 1 unspecified atom stereocenters. The molecule has 1 fully saturated rings. The van der Waals surface area contributed by atoms with Gasteiger partial charge in [0, 0.05) is 20.1 Å². The summed E-state index contributed by atoms with van der Waals surface area (Å²) in [5.41, 5.74) is 1.52. The first-order valence-electron chi connectivity index (χ1n) is 6.83. The van der Waals surface area contributed by atoms with Gasteiger partial charge in [0.2, 0.25) is 0 Å². The summed E-state index contributed by atoms with van der Waals surface area (Å²) in [6.45, 7) is 4.05. The number of nitrogens with one attached hydrogen (secondary N) is 1. The molecule has 0 spiro atoms. The number of hydrogen-bond donors (Lipinski definition) is 1. The molecule has 0 amide bonds. The van der Waals surface area contributed by atoms with E-state index in [-0.39, 0.29) is 10.6 Å². The van der Waals surface area contributed by atoms with Crippen molar-refractivity contribution in [3.05, 3.63) is 28.3 Å². The van der Waals surface area contributed by atoms with Gasteiger partial charge in [0.25, 0.3) is 0 Å². The molecule has 1 atom stereocenters. The van der Waals surface area contributed by atoms with Crippen LogP contribution in [0.4, 0.5) is 17.1 Å². The average Bonchev–Trinajstić information content (AvgIpc) is 2.62. The first-order chi connectivity index (χ1) is 9.13. The molecule has 0 saturated carbocycles. The van der Waals surface area contributed by atoms with E-state index < -0.39 is 0 Å². The van der Waals surface area contributed by atoms with E-state index in [9.17, 15) is 10.1 Å². The van der Waals surface area contributed by atoms with Crippen molar-refractivity contribution >= 4 is 17.1 Å². The first kappa shape index (κ1) is 13.6. The smallest absolute Gasteiger partial charge is 0.315 e. The Balaban J connectivity index is 2.35. The van der Waals surface area contributed by atoms with Crippen LogP contribution in [0.1, 0.15) is 26.2 Å². The highest BCUT2D eigenvalue weighted by Crippen LogP contribution is 2.36. The summed E-state index contributed by atoms with van der Waals surface area (Å²) in [6.07, 6.45) is 3.40. The van der Waals surface area contributed by atoms with Crippen molar-refractivity contribution in [1.82, 2.24) is 0 Å². The van der Waals surface area contributed by atoms with Crippen LogP contribution in [0.3, 0.4) is 0 Å². The third-order valence-corrected chi connectivity index (χ3v) is 3.82. The summed E-state index contributed by atoms with van der Waals surface area (Å²) in [4.78, 5) is 13.2. The molecular weight excluding hydrogens is 242 g/mol. The van der Waals surface area contributed by atoms with Crippen LogP contribution in [-0.2, 0) is 0 Å². The van der Waals surface area contributed by atoms with E-state index in [1.807, 2.05) is 12.1 Å². The number of nitro groups is 1. The highest BCUT2D eigenvalue weighted by atomic mass is 16.6. The molecule has 1 aromatic rings. The number of benzene rings is 1. The Morgan fingerprint density at radius 1 is 1.37 bits per heavy atom. The van der Waals surface area contributed by atoms with Crippen molar-refractivity contribution in [1.29, 1.82) is 0 Å². The molecule has 1 heterocycles. The van der Waals surface area contributed by atoms with Gasteiger partial charge in [0.1, 0.15) is 11.4 Å². The second-order valence-corrected chi connectivity index (χ2v) is 5.20. The largest absolute Gasteiger partial charge is 0.382 e. The highest BCUT2D eigenvalue weighted by Gasteiger charge is 2.24. The van der Waals surface area contributed by atoms with E-state index in [4.69, 9.17) is 0 Å². The maximum atomic E-state index is 11.3. The maximum Gasteiger partial charge on any atom is 0.315 e. The summed E-state index contributed by atoms with van der Waals surface area (Å²) in [5.74, 6) is 0.705. The number of para-hydroxylation sites is 1. The predicted octanol–water partition coefficient (Wildman–Crippen LogP) is 3.26. The third kappa shape index (κ3) is 2.97. The van der Waals surface area contributed by atoms with Crippen LogP contribution >= 0.6 is 0 Å². The topological polar surface area (TPSA) is 58.4 Å². The quantitative estimate of drug-likeness (QED) is 0.671. The van der Waals surface area contributed by atoms with Crippen LogP contribution in [0, 0.1) is 16.0 Å². The van der Waals surface area contributed by atoms with Crippen molar-refractivity contribution in [2.45, 2.75) is 26.2 Å². The Bertz CT molecular complexity index is 462. The fraction of sp³-hybridized carbons (Fsp3) is 0.571. The van der Waals surface area contributed by atoms with E-state index in [0.29, 0.717) is 11.6 Å². The first-order valence-corrected chi connectivity index (χ1v) is 6.83. The molecule has 5 nitrogen and oxygen atoms in total. The molecule has 104 valence electrons. The Morgan fingerprint density at radius 2 is 2.16 bits per heavy atom. The van der Waals surface area contributed by atoms with E-state index in [1.54, 1.807) is 13.1 Å². The molecular formula is C14H21N3O2. The molecule has 1 aromatic carbocycles. The second kappa shape index (κ2) is 5.91. The van der Waals surface area contributed by atoms with Crippen molar-refractivity contribution in [2.24, 2.45) is 5.92 Å². The Morgan fingerprint density at radius 3 is 2.84 bits per heavy atom. The lowest BCUT2D eigenvalue weighted by Crippen LogP contribution is -2.25. The molecule has 1 aliphatic rings. The molecule has 0 aliphatic carbocycles. The summed E-state index contributed by atoms with van der Waals surface area (Å²) in [6, 6.07) is 5.49. The number of rotatable bonds is 3. The molecule has 1 aliphatic heterocycles. The van der Waals surface area contributed by atoms with Crippen LogP contribution < -0.4 is 10.2 Å². The van der Waals surface area contributed by atoms with Gasteiger partial charge in [-0.15, -0.1) is 0 Å². The highest BCUT2D eigenvalue weighted by molar-refractivity contribution is 5.76. The lowest BCUT2D eigenvalue weighted by Gasteiger charge is -2.23. The SMILES string of the molecule is CNc1cccc(N2CCCC(C)CC2)c1[N+](=O)[O-]. The predicted molar refractivity (Wildman–Crippen MR) is 77.9 cm³/mol. The van der Waals surface area contributed by atoms with Gasteiger partial charge in [-0.2, -0.15) is 0 Å². The van der Waals surface area contributed by atoms with E-state index >= 15 is 0 Å². The van der Waals surface area contributed by atoms with Crippen LogP contribution in [0.25, 0.3) is 0 Å². The van der Waals surface area contributed by atoms with Crippen molar-refractivity contribution in [3.63, 3.8) is 0 Å². The summed E-state index contributed by atoms with van der Waals surface area (Å²) in [7, 11) is 1.72. The van der Waals surface area contributed by atoms with E-state index in [1.165, 1.54) is 6.42 Å².